The molecule has 1 aliphatic heterocycles. The Kier molecular flexibility index (Phi) is 8.04. The molecular formula is C21H35N3O3S. The van der Waals surface area contributed by atoms with Gasteiger partial charge in [0.25, 0.3) is 5.91 Å². The van der Waals surface area contributed by atoms with E-state index in [-0.39, 0.29) is 10.8 Å². The van der Waals surface area contributed by atoms with Crippen molar-refractivity contribution in [2.45, 2.75) is 70.9 Å². The van der Waals surface area contributed by atoms with Crippen molar-refractivity contribution in [2.24, 2.45) is 0 Å². The molecule has 0 aromatic heterocycles. The molecule has 1 amide bonds. The number of nitrogens with zero attached hydrogens (tertiary/aromatic N) is 2. The van der Waals surface area contributed by atoms with Gasteiger partial charge in [-0.2, -0.15) is 4.31 Å². The highest BCUT2D eigenvalue weighted by molar-refractivity contribution is 7.89. The Labute approximate surface area is 170 Å². The second-order valence-electron chi connectivity index (χ2n) is 8.13. The quantitative estimate of drug-likeness (QED) is 0.717. The van der Waals surface area contributed by atoms with Crippen molar-refractivity contribution in [2.75, 3.05) is 26.2 Å². The van der Waals surface area contributed by atoms with Gasteiger partial charge in [-0.05, 0) is 65.2 Å². The number of amides is 1. The molecule has 1 fully saturated rings. The number of hydrogen-bond donors (Lipinski definition) is 1. The van der Waals surface area contributed by atoms with Gasteiger partial charge >= 0.3 is 0 Å². The molecule has 1 aromatic rings. The summed E-state index contributed by atoms with van der Waals surface area (Å²) in [5.74, 6) is -0.234. The Morgan fingerprint density at radius 2 is 1.71 bits per heavy atom. The summed E-state index contributed by atoms with van der Waals surface area (Å²) in [5.41, 5.74) is 1.06. The van der Waals surface area contributed by atoms with Crippen molar-refractivity contribution in [1.82, 2.24) is 14.5 Å². The summed E-state index contributed by atoms with van der Waals surface area (Å²) in [4.78, 5) is 15.1. The number of piperidine rings is 1. The van der Waals surface area contributed by atoms with Crippen molar-refractivity contribution in [3.63, 3.8) is 0 Å². The highest BCUT2D eigenvalue weighted by Gasteiger charge is 2.28. The number of rotatable bonds is 8. The molecule has 2 rings (SSSR count). The highest BCUT2D eigenvalue weighted by Crippen LogP contribution is 2.24. The number of hydrogen-bond acceptors (Lipinski definition) is 4. The summed E-state index contributed by atoms with van der Waals surface area (Å²) in [5, 5.41) is 2.93. The lowest BCUT2D eigenvalue weighted by Gasteiger charge is -2.30. The SMILES string of the molecule is Cc1ccc(C(=O)NCCN(C(C)C)C(C)C)cc1S(=O)(=O)N1CCCCC1. The lowest BCUT2D eigenvalue weighted by Crippen LogP contribution is -2.42. The molecule has 6 nitrogen and oxygen atoms in total. The zero-order valence-corrected chi connectivity index (χ0v) is 18.7. The van der Waals surface area contributed by atoms with Crippen molar-refractivity contribution >= 4 is 15.9 Å². The van der Waals surface area contributed by atoms with Crippen molar-refractivity contribution in [1.29, 1.82) is 0 Å². The summed E-state index contributed by atoms with van der Waals surface area (Å²) in [6.07, 6.45) is 2.85. The van der Waals surface area contributed by atoms with Crippen molar-refractivity contribution in [3.05, 3.63) is 29.3 Å². The van der Waals surface area contributed by atoms with E-state index in [4.69, 9.17) is 0 Å². The Balaban J connectivity index is 2.10. The fraction of sp³-hybridized carbons (Fsp3) is 0.667. The van der Waals surface area contributed by atoms with E-state index in [1.54, 1.807) is 23.4 Å². The van der Waals surface area contributed by atoms with E-state index >= 15 is 0 Å². The fourth-order valence-corrected chi connectivity index (χ4v) is 5.54. The van der Waals surface area contributed by atoms with E-state index in [2.05, 4.69) is 37.9 Å². The number of carbonyl (C=O) groups is 1. The summed E-state index contributed by atoms with van der Waals surface area (Å²) < 4.78 is 27.6. The predicted molar refractivity (Wildman–Crippen MR) is 113 cm³/mol. The molecular weight excluding hydrogens is 374 g/mol. The minimum Gasteiger partial charge on any atom is -0.351 e. The largest absolute Gasteiger partial charge is 0.351 e. The summed E-state index contributed by atoms with van der Waals surface area (Å²) in [7, 11) is -3.56. The van der Waals surface area contributed by atoms with E-state index < -0.39 is 10.0 Å². The minimum absolute atomic E-state index is 0.234. The molecule has 7 heteroatoms. The van der Waals surface area contributed by atoms with Gasteiger partial charge in [0, 0.05) is 43.8 Å². The third kappa shape index (κ3) is 5.55. The lowest BCUT2D eigenvalue weighted by atomic mass is 10.1. The monoisotopic (exact) mass is 409 g/mol. The Bertz CT molecular complexity index is 761. The molecule has 1 heterocycles. The minimum atomic E-state index is -3.56. The van der Waals surface area contributed by atoms with Crippen LogP contribution in [0.4, 0.5) is 0 Å². The van der Waals surface area contributed by atoms with E-state index in [9.17, 15) is 13.2 Å². The van der Waals surface area contributed by atoms with Crippen LogP contribution in [0.25, 0.3) is 0 Å². The lowest BCUT2D eigenvalue weighted by molar-refractivity contribution is 0.0939. The topological polar surface area (TPSA) is 69.7 Å². The maximum Gasteiger partial charge on any atom is 0.251 e. The van der Waals surface area contributed by atoms with Crippen LogP contribution >= 0.6 is 0 Å². The third-order valence-corrected chi connectivity index (χ3v) is 7.41. The van der Waals surface area contributed by atoms with E-state index in [1.165, 1.54) is 6.07 Å². The molecule has 0 saturated carbocycles. The van der Waals surface area contributed by atoms with E-state index in [0.29, 0.717) is 42.8 Å². The Morgan fingerprint density at radius 3 is 2.29 bits per heavy atom. The Hall–Kier alpha value is -1.44. The molecule has 1 aromatic carbocycles. The van der Waals surface area contributed by atoms with Crippen LogP contribution in [0.15, 0.2) is 23.1 Å². The van der Waals surface area contributed by atoms with Gasteiger partial charge in [-0.1, -0.05) is 12.5 Å². The van der Waals surface area contributed by atoms with Crippen LogP contribution in [-0.4, -0.2) is 61.8 Å². The molecule has 1 aliphatic rings. The van der Waals surface area contributed by atoms with Crippen LogP contribution < -0.4 is 5.32 Å². The first kappa shape index (κ1) is 22.8. The number of benzene rings is 1. The summed E-state index contributed by atoms with van der Waals surface area (Å²) in [6, 6.07) is 5.75. The summed E-state index contributed by atoms with van der Waals surface area (Å²) >= 11 is 0. The van der Waals surface area contributed by atoms with E-state index in [0.717, 1.165) is 25.8 Å². The number of aryl methyl sites for hydroxylation is 1. The molecule has 1 N–H and O–H groups in total. The maximum atomic E-state index is 13.0. The molecule has 158 valence electrons. The van der Waals surface area contributed by atoms with Gasteiger partial charge in [0.2, 0.25) is 10.0 Å². The molecule has 28 heavy (non-hydrogen) atoms. The Morgan fingerprint density at radius 1 is 1.11 bits per heavy atom. The number of sulfonamides is 1. The zero-order valence-electron chi connectivity index (χ0n) is 17.9. The second kappa shape index (κ2) is 9.85. The number of carbonyl (C=O) groups excluding carboxylic acids is 1. The maximum absolute atomic E-state index is 13.0. The normalized spacial score (nSPS) is 16.1. The van der Waals surface area contributed by atoms with Gasteiger partial charge in [0.15, 0.2) is 0 Å². The molecule has 0 bridgehead atoms. The van der Waals surface area contributed by atoms with Gasteiger partial charge in [0.1, 0.15) is 0 Å². The first-order chi connectivity index (χ1) is 13.1. The molecule has 0 radical (unpaired) electrons. The zero-order chi connectivity index (χ0) is 20.9. The third-order valence-electron chi connectivity index (χ3n) is 5.37. The van der Waals surface area contributed by atoms with Crippen molar-refractivity contribution in [3.8, 4) is 0 Å². The standard InChI is InChI=1S/C21H35N3O3S/c1-16(2)24(17(3)4)14-11-22-21(25)19-10-9-18(5)20(15-19)28(26,27)23-12-7-6-8-13-23/h9-10,15-17H,6-8,11-14H2,1-5H3,(H,22,25). The average Bonchev–Trinajstić information content (AvgIpc) is 2.65. The van der Waals surface area contributed by atoms with Crippen LogP contribution in [0.3, 0.4) is 0 Å². The van der Waals surface area contributed by atoms with E-state index in [1.807, 2.05) is 0 Å². The van der Waals surface area contributed by atoms with Crippen LogP contribution in [0, 0.1) is 6.92 Å². The molecule has 0 unspecified atom stereocenters. The molecule has 1 saturated heterocycles. The summed E-state index contributed by atoms with van der Waals surface area (Å²) in [6.45, 7) is 12.7. The van der Waals surface area contributed by atoms with Gasteiger partial charge in [-0.3, -0.25) is 9.69 Å². The molecule has 0 aliphatic carbocycles. The van der Waals surface area contributed by atoms with Crippen LogP contribution in [0.2, 0.25) is 0 Å². The smallest absolute Gasteiger partial charge is 0.251 e. The predicted octanol–water partition coefficient (Wildman–Crippen LogP) is 3.02. The first-order valence-electron chi connectivity index (χ1n) is 10.3. The van der Waals surface area contributed by atoms with Crippen LogP contribution in [0.1, 0.15) is 62.9 Å². The van der Waals surface area contributed by atoms with Gasteiger partial charge in [0.05, 0.1) is 4.90 Å². The van der Waals surface area contributed by atoms with Gasteiger partial charge < -0.3 is 5.32 Å². The second-order valence-corrected chi connectivity index (χ2v) is 10.0. The molecule has 0 spiro atoms. The van der Waals surface area contributed by atoms with Crippen molar-refractivity contribution < 1.29 is 13.2 Å². The van der Waals surface area contributed by atoms with Gasteiger partial charge in [-0.25, -0.2) is 8.42 Å². The van der Waals surface area contributed by atoms with Gasteiger partial charge in [-0.15, -0.1) is 0 Å². The van der Waals surface area contributed by atoms with Crippen LogP contribution in [0.5, 0.6) is 0 Å². The van der Waals surface area contributed by atoms with Crippen LogP contribution in [-0.2, 0) is 10.0 Å². The molecule has 0 atom stereocenters. The number of nitrogens with one attached hydrogen (secondary N) is 1. The highest BCUT2D eigenvalue weighted by atomic mass is 32.2. The average molecular weight is 410 g/mol. The first-order valence-corrected chi connectivity index (χ1v) is 11.7. The fourth-order valence-electron chi connectivity index (χ4n) is 3.78.